The van der Waals surface area contributed by atoms with E-state index in [1.807, 2.05) is 35.7 Å². The molecule has 3 aromatic heterocycles. The summed E-state index contributed by atoms with van der Waals surface area (Å²) in [5, 5.41) is 3.77. The van der Waals surface area contributed by atoms with Crippen molar-refractivity contribution in [3.8, 4) is 0 Å². The minimum absolute atomic E-state index is 0.132. The van der Waals surface area contributed by atoms with E-state index in [0.717, 1.165) is 10.7 Å². The molecule has 1 N–H and O–H groups in total. The van der Waals surface area contributed by atoms with E-state index in [1.54, 1.807) is 18.3 Å². The number of carbonyl (C=O) groups is 1. The van der Waals surface area contributed by atoms with Crippen LogP contribution in [0.25, 0.3) is 5.52 Å². The van der Waals surface area contributed by atoms with Crippen LogP contribution in [-0.2, 0) is 4.79 Å². The molecule has 112 valence electrons. The van der Waals surface area contributed by atoms with Gasteiger partial charge in [-0.1, -0.05) is 29.4 Å². The summed E-state index contributed by atoms with van der Waals surface area (Å²) in [6.07, 6.45) is 5.21. The van der Waals surface area contributed by atoms with Crippen molar-refractivity contribution in [2.75, 3.05) is 5.32 Å². The maximum absolute atomic E-state index is 12.2. The number of anilines is 1. The zero-order valence-corrected chi connectivity index (χ0v) is 13.3. The SMILES string of the molecule is C[C@@H](Sc1ncc2ccccn12)C(=O)Nc1ccc(Cl)cn1. The number of imidazole rings is 1. The Labute approximate surface area is 136 Å². The van der Waals surface area contributed by atoms with Gasteiger partial charge in [0.1, 0.15) is 5.82 Å². The normalized spacial score (nSPS) is 12.3. The molecule has 0 aromatic carbocycles. The summed E-state index contributed by atoms with van der Waals surface area (Å²) >= 11 is 7.17. The number of nitrogens with one attached hydrogen (secondary N) is 1. The zero-order valence-electron chi connectivity index (χ0n) is 11.7. The minimum Gasteiger partial charge on any atom is -0.310 e. The molecule has 22 heavy (non-hydrogen) atoms. The van der Waals surface area contributed by atoms with E-state index < -0.39 is 0 Å². The van der Waals surface area contributed by atoms with Crippen LogP contribution in [0.4, 0.5) is 5.82 Å². The molecule has 0 saturated carbocycles. The van der Waals surface area contributed by atoms with Gasteiger partial charge in [-0.25, -0.2) is 9.97 Å². The summed E-state index contributed by atoms with van der Waals surface area (Å²) in [5.74, 6) is 0.349. The number of hydrogen-bond acceptors (Lipinski definition) is 4. The van der Waals surface area contributed by atoms with Crippen molar-refractivity contribution >= 4 is 40.6 Å². The first-order chi connectivity index (χ1) is 10.6. The molecule has 3 aromatic rings. The molecule has 0 bridgehead atoms. The monoisotopic (exact) mass is 332 g/mol. The van der Waals surface area contributed by atoms with Gasteiger partial charge in [0.25, 0.3) is 0 Å². The lowest BCUT2D eigenvalue weighted by Crippen LogP contribution is -2.23. The van der Waals surface area contributed by atoms with Gasteiger partial charge in [-0.3, -0.25) is 9.20 Å². The van der Waals surface area contributed by atoms with Crippen molar-refractivity contribution < 1.29 is 4.79 Å². The number of amides is 1. The van der Waals surface area contributed by atoms with Crippen LogP contribution in [0.5, 0.6) is 0 Å². The van der Waals surface area contributed by atoms with Gasteiger partial charge in [0.2, 0.25) is 5.91 Å². The summed E-state index contributed by atoms with van der Waals surface area (Å²) in [5.41, 5.74) is 0.997. The number of pyridine rings is 2. The fourth-order valence-electron chi connectivity index (χ4n) is 1.90. The molecule has 0 aliphatic carbocycles. The number of halogens is 1. The third-order valence-corrected chi connectivity index (χ3v) is 4.34. The number of carbonyl (C=O) groups excluding carboxylic acids is 1. The van der Waals surface area contributed by atoms with Crippen molar-refractivity contribution in [3.05, 3.63) is 53.9 Å². The summed E-state index contributed by atoms with van der Waals surface area (Å²) in [4.78, 5) is 20.6. The largest absolute Gasteiger partial charge is 0.310 e. The summed E-state index contributed by atoms with van der Waals surface area (Å²) in [6.45, 7) is 1.83. The molecular formula is C15H13ClN4OS. The number of hydrogen-bond donors (Lipinski definition) is 1. The quantitative estimate of drug-likeness (QED) is 0.743. The van der Waals surface area contributed by atoms with Crippen LogP contribution in [-0.4, -0.2) is 25.5 Å². The molecule has 3 heterocycles. The first kappa shape index (κ1) is 14.9. The van der Waals surface area contributed by atoms with Crippen molar-refractivity contribution in [2.45, 2.75) is 17.3 Å². The Morgan fingerprint density at radius 2 is 2.14 bits per heavy atom. The highest BCUT2D eigenvalue weighted by atomic mass is 35.5. The lowest BCUT2D eigenvalue weighted by molar-refractivity contribution is -0.115. The Bertz CT molecular complexity index is 803. The molecule has 0 aliphatic heterocycles. The van der Waals surface area contributed by atoms with E-state index in [0.29, 0.717) is 10.8 Å². The predicted molar refractivity (Wildman–Crippen MR) is 88.4 cm³/mol. The average Bonchev–Trinajstić information content (AvgIpc) is 2.93. The molecule has 0 spiro atoms. The first-order valence-electron chi connectivity index (χ1n) is 6.64. The van der Waals surface area contributed by atoms with Gasteiger partial charge in [0.05, 0.1) is 22.0 Å². The number of rotatable bonds is 4. The number of aromatic nitrogens is 3. The fourth-order valence-corrected chi connectivity index (χ4v) is 2.88. The van der Waals surface area contributed by atoms with E-state index in [2.05, 4.69) is 15.3 Å². The molecule has 0 radical (unpaired) electrons. The Morgan fingerprint density at radius 3 is 2.91 bits per heavy atom. The van der Waals surface area contributed by atoms with Gasteiger partial charge in [0, 0.05) is 12.4 Å². The number of fused-ring (bicyclic) bond motifs is 1. The van der Waals surface area contributed by atoms with Crippen molar-refractivity contribution in [3.63, 3.8) is 0 Å². The van der Waals surface area contributed by atoms with E-state index in [1.165, 1.54) is 18.0 Å². The lowest BCUT2D eigenvalue weighted by atomic mass is 10.4. The van der Waals surface area contributed by atoms with Gasteiger partial charge >= 0.3 is 0 Å². The summed E-state index contributed by atoms with van der Waals surface area (Å²) < 4.78 is 1.95. The van der Waals surface area contributed by atoms with Gasteiger partial charge < -0.3 is 5.32 Å². The van der Waals surface area contributed by atoms with Crippen LogP contribution in [0, 0.1) is 0 Å². The Balaban J connectivity index is 1.69. The van der Waals surface area contributed by atoms with Crippen LogP contribution >= 0.6 is 23.4 Å². The Hall–Kier alpha value is -2.05. The number of nitrogens with zero attached hydrogens (tertiary/aromatic N) is 3. The summed E-state index contributed by atoms with van der Waals surface area (Å²) in [7, 11) is 0. The van der Waals surface area contributed by atoms with Crippen LogP contribution in [0.1, 0.15) is 6.92 Å². The molecule has 1 amide bonds. The Kier molecular flexibility index (Phi) is 4.31. The molecule has 0 fully saturated rings. The third-order valence-electron chi connectivity index (χ3n) is 3.03. The molecule has 3 rings (SSSR count). The van der Waals surface area contributed by atoms with Gasteiger partial charge in [-0.05, 0) is 31.2 Å². The van der Waals surface area contributed by atoms with Crippen LogP contribution in [0.3, 0.4) is 0 Å². The van der Waals surface area contributed by atoms with Crippen LogP contribution < -0.4 is 5.32 Å². The highest BCUT2D eigenvalue weighted by molar-refractivity contribution is 8.00. The standard InChI is InChI=1S/C15H13ClN4OS/c1-10(14(21)19-13-6-5-11(16)8-17-13)22-15-18-9-12-4-2-3-7-20(12)15/h2-10H,1H3,(H,17,19,21)/t10-/m1/s1. The van der Waals surface area contributed by atoms with Gasteiger partial charge in [-0.15, -0.1) is 0 Å². The van der Waals surface area contributed by atoms with E-state index in [-0.39, 0.29) is 11.2 Å². The second-order valence-corrected chi connectivity index (χ2v) is 6.39. The summed E-state index contributed by atoms with van der Waals surface area (Å²) in [6, 6.07) is 9.21. The fraction of sp³-hybridized carbons (Fsp3) is 0.133. The highest BCUT2D eigenvalue weighted by Crippen LogP contribution is 2.24. The zero-order chi connectivity index (χ0) is 15.5. The van der Waals surface area contributed by atoms with Crippen LogP contribution in [0.15, 0.2) is 54.1 Å². The predicted octanol–water partition coefficient (Wildman–Crippen LogP) is 3.50. The molecule has 0 saturated heterocycles. The third kappa shape index (κ3) is 3.23. The maximum Gasteiger partial charge on any atom is 0.238 e. The Morgan fingerprint density at radius 1 is 1.27 bits per heavy atom. The van der Waals surface area contributed by atoms with Gasteiger partial charge in [-0.2, -0.15) is 0 Å². The maximum atomic E-state index is 12.2. The highest BCUT2D eigenvalue weighted by Gasteiger charge is 2.17. The molecule has 1 atom stereocenters. The number of thioether (sulfide) groups is 1. The van der Waals surface area contributed by atoms with Crippen LogP contribution in [0.2, 0.25) is 5.02 Å². The molecule has 0 unspecified atom stereocenters. The topological polar surface area (TPSA) is 59.3 Å². The molecule has 7 heteroatoms. The lowest BCUT2D eigenvalue weighted by Gasteiger charge is -2.10. The first-order valence-corrected chi connectivity index (χ1v) is 7.90. The minimum atomic E-state index is -0.303. The second-order valence-electron chi connectivity index (χ2n) is 4.65. The van der Waals surface area contributed by atoms with Crippen molar-refractivity contribution in [1.82, 2.24) is 14.4 Å². The molecule has 5 nitrogen and oxygen atoms in total. The smallest absolute Gasteiger partial charge is 0.238 e. The van der Waals surface area contributed by atoms with Crippen molar-refractivity contribution in [1.29, 1.82) is 0 Å². The van der Waals surface area contributed by atoms with Crippen molar-refractivity contribution in [2.24, 2.45) is 0 Å². The van der Waals surface area contributed by atoms with E-state index in [9.17, 15) is 4.79 Å². The molecular weight excluding hydrogens is 320 g/mol. The second kappa shape index (κ2) is 6.37. The van der Waals surface area contributed by atoms with Gasteiger partial charge in [0.15, 0.2) is 5.16 Å². The van der Waals surface area contributed by atoms with E-state index >= 15 is 0 Å². The average molecular weight is 333 g/mol. The van der Waals surface area contributed by atoms with E-state index in [4.69, 9.17) is 11.6 Å². The molecule has 0 aliphatic rings.